The first-order chi connectivity index (χ1) is 8.59. The second kappa shape index (κ2) is 7.79. The first-order valence-electron chi connectivity index (χ1n) is 6.15. The van der Waals surface area contributed by atoms with E-state index in [0.29, 0.717) is 0 Å². The molecule has 0 aromatic heterocycles. The molecule has 0 spiro atoms. The molecule has 100 valence electrons. The molecule has 0 aliphatic rings. The molecule has 5 nitrogen and oxygen atoms in total. The van der Waals surface area contributed by atoms with Crippen molar-refractivity contribution in [1.82, 2.24) is 5.32 Å². The Kier molecular flexibility index (Phi) is 6.32. The van der Waals surface area contributed by atoms with Crippen molar-refractivity contribution in [3.8, 4) is 0 Å². The first-order valence-corrected chi connectivity index (χ1v) is 6.15. The van der Waals surface area contributed by atoms with Gasteiger partial charge in [-0.05, 0) is 32.4 Å². The molecule has 0 radical (unpaired) electrons. The van der Waals surface area contributed by atoms with Crippen molar-refractivity contribution in [2.45, 2.75) is 32.9 Å². The number of nitrogens with zero attached hydrogens (tertiary/aromatic N) is 1. The summed E-state index contributed by atoms with van der Waals surface area (Å²) >= 11 is 0. The summed E-state index contributed by atoms with van der Waals surface area (Å²) in [6.45, 7) is 6.39. The fourth-order valence-electron chi connectivity index (χ4n) is 1.48. The predicted molar refractivity (Wildman–Crippen MR) is 70.5 cm³/mol. The molecule has 1 aromatic carbocycles. The number of ether oxygens (including phenoxy) is 1. The van der Waals surface area contributed by atoms with E-state index < -0.39 is 0 Å². The van der Waals surface area contributed by atoms with Crippen LogP contribution in [0.2, 0.25) is 0 Å². The lowest BCUT2D eigenvalue weighted by Crippen LogP contribution is -2.17. The van der Waals surface area contributed by atoms with Gasteiger partial charge in [-0.2, -0.15) is 0 Å². The summed E-state index contributed by atoms with van der Waals surface area (Å²) in [7, 11) is 0. The van der Waals surface area contributed by atoms with Crippen LogP contribution in [-0.2, 0) is 11.3 Å². The van der Waals surface area contributed by atoms with Crippen LogP contribution in [0.4, 0.5) is 5.69 Å². The molecule has 0 fully saturated rings. The Bertz CT molecular complexity index is 363. The van der Waals surface area contributed by atoms with Crippen LogP contribution in [0.3, 0.4) is 0 Å². The molecule has 0 atom stereocenters. The van der Waals surface area contributed by atoms with E-state index in [2.05, 4.69) is 5.32 Å². The number of hydrogen-bond donors (Lipinski definition) is 1. The van der Waals surface area contributed by atoms with Crippen LogP contribution < -0.4 is 5.32 Å². The summed E-state index contributed by atoms with van der Waals surface area (Å²) in [4.78, 5) is 10.1. The van der Waals surface area contributed by atoms with Gasteiger partial charge < -0.3 is 10.1 Å². The third-order valence-electron chi connectivity index (χ3n) is 2.43. The van der Waals surface area contributed by atoms with Crippen LogP contribution in [0.1, 0.15) is 25.8 Å². The SMILES string of the molecule is CC(C)OCCCNCc1ccc([N+](=O)[O-])cc1. The fourth-order valence-corrected chi connectivity index (χ4v) is 1.48. The standard InChI is InChI=1S/C13H20N2O3/c1-11(2)18-9-3-8-14-10-12-4-6-13(7-5-12)15(16)17/h4-7,11,14H,3,8-10H2,1-2H3. The number of non-ortho nitro benzene ring substituents is 1. The molecule has 0 saturated carbocycles. The monoisotopic (exact) mass is 252 g/mol. The van der Waals surface area contributed by atoms with Gasteiger partial charge in [0.25, 0.3) is 5.69 Å². The van der Waals surface area contributed by atoms with Crippen LogP contribution in [0.25, 0.3) is 0 Å². The lowest BCUT2D eigenvalue weighted by molar-refractivity contribution is -0.384. The van der Waals surface area contributed by atoms with Gasteiger partial charge in [0.1, 0.15) is 0 Å². The number of hydrogen-bond acceptors (Lipinski definition) is 4. The molecule has 0 bridgehead atoms. The normalized spacial score (nSPS) is 10.8. The number of nitro benzene ring substituents is 1. The van der Waals surface area contributed by atoms with E-state index in [9.17, 15) is 10.1 Å². The van der Waals surface area contributed by atoms with Crippen LogP contribution in [-0.4, -0.2) is 24.2 Å². The van der Waals surface area contributed by atoms with Crippen LogP contribution in [0.5, 0.6) is 0 Å². The fraction of sp³-hybridized carbons (Fsp3) is 0.538. The Labute approximate surface area is 107 Å². The van der Waals surface area contributed by atoms with E-state index in [4.69, 9.17) is 4.74 Å². The zero-order valence-corrected chi connectivity index (χ0v) is 10.9. The van der Waals surface area contributed by atoms with E-state index in [1.807, 2.05) is 13.8 Å². The second-order valence-corrected chi connectivity index (χ2v) is 4.37. The minimum atomic E-state index is -0.388. The van der Waals surface area contributed by atoms with Crippen molar-refractivity contribution < 1.29 is 9.66 Å². The van der Waals surface area contributed by atoms with Gasteiger partial charge >= 0.3 is 0 Å². The summed E-state index contributed by atoms with van der Waals surface area (Å²) in [6.07, 6.45) is 1.24. The first kappa shape index (κ1) is 14.6. The maximum absolute atomic E-state index is 10.5. The molecular formula is C13H20N2O3. The average Bonchev–Trinajstić information content (AvgIpc) is 2.34. The van der Waals surface area contributed by atoms with Crippen LogP contribution in [0, 0.1) is 10.1 Å². The Morgan fingerprint density at radius 1 is 1.33 bits per heavy atom. The smallest absolute Gasteiger partial charge is 0.269 e. The highest BCUT2D eigenvalue weighted by molar-refractivity contribution is 5.32. The van der Waals surface area contributed by atoms with Gasteiger partial charge in [-0.25, -0.2) is 0 Å². The van der Waals surface area contributed by atoms with Gasteiger partial charge in [-0.15, -0.1) is 0 Å². The van der Waals surface area contributed by atoms with Crippen molar-refractivity contribution in [2.75, 3.05) is 13.2 Å². The molecule has 0 saturated heterocycles. The van der Waals surface area contributed by atoms with Gasteiger partial charge in [-0.1, -0.05) is 12.1 Å². The third-order valence-corrected chi connectivity index (χ3v) is 2.43. The van der Waals surface area contributed by atoms with Crippen molar-refractivity contribution in [1.29, 1.82) is 0 Å². The van der Waals surface area contributed by atoms with Gasteiger partial charge in [0, 0.05) is 25.3 Å². The highest BCUT2D eigenvalue weighted by Gasteiger charge is 2.03. The Balaban J connectivity index is 2.17. The molecule has 1 N–H and O–H groups in total. The molecule has 1 aromatic rings. The van der Waals surface area contributed by atoms with Crippen molar-refractivity contribution >= 4 is 5.69 Å². The van der Waals surface area contributed by atoms with Crippen molar-refractivity contribution in [3.63, 3.8) is 0 Å². The molecule has 18 heavy (non-hydrogen) atoms. The zero-order chi connectivity index (χ0) is 13.4. The number of benzene rings is 1. The predicted octanol–water partition coefficient (Wildman–Crippen LogP) is 2.50. The van der Waals surface area contributed by atoms with Gasteiger partial charge in [0.05, 0.1) is 11.0 Å². The average molecular weight is 252 g/mol. The van der Waals surface area contributed by atoms with Crippen molar-refractivity contribution in [2.24, 2.45) is 0 Å². The summed E-state index contributed by atoms with van der Waals surface area (Å²) in [5.41, 5.74) is 1.18. The lowest BCUT2D eigenvalue weighted by Gasteiger charge is -2.08. The molecule has 0 aliphatic carbocycles. The zero-order valence-electron chi connectivity index (χ0n) is 10.9. The molecule has 0 unspecified atom stereocenters. The molecule has 5 heteroatoms. The summed E-state index contributed by atoms with van der Waals surface area (Å²) in [5.74, 6) is 0. The quantitative estimate of drug-likeness (QED) is 0.438. The Morgan fingerprint density at radius 3 is 2.56 bits per heavy atom. The number of rotatable bonds is 8. The van der Waals surface area contributed by atoms with Crippen LogP contribution in [0.15, 0.2) is 24.3 Å². The van der Waals surface area contributed by atoms with Gasteiger partial charge in [-0.3, -0.25) is 10.1 Å². The molecule has 0 heterocycles. The maximum Gasteiger partial charge on any atom is 0.269 e. The summed E-state index contributed by atoms with van der Waals surface area (Å²) < 4.78 is 5.42. The Hall–Kier alpha value is -1.46. The van der Waals surface area contributed by atoms with E-state index >= 15 is 0 Å². The van der Waals surface area contributed by atoms with Gasteiger partial charge in [0.15, 0.2) is 0 Å². The van der Waals surface area contributed by atoms with Gasteiger partial charge in [0.2, 0.25) is 0 Å². The number of nitro groups is 1. The third kappa shape index (κ3) is 5.75. The topological polar surface area (TPSA) is 64.4 Å². The summed E-state index contributed by atoms with van der Waals surface area (Å²) in [5, 5.41) is 13.7. The van der Waals surface area contributed by atoms with E-state index in [1.165, 1.54) is 12.1 Å². The Morgan fingerprint density at radius 2 is 2.00 bits per heavy atom. The minimum absolute atomic E-state index is 0.129. The van der Waals surface area contributed by atoms with Crippen LogP contribution >= 0.6 is 0 Å². The molecule has 1 rings (SSSR count). The lowest BCUT2D eigenvalue weighted by atomic mass is 10.2. The largest absolute Gasteiger partial charge is 0.379 e. The van der Waals surface area contributed by atoms with E-state index in [0.717, 1.165) is 31.7 Å². The highest BCUT2D eigenvalue weighted by atomic mass is 16.6. The summed E-state index contributed by atoms with van der Waals surface area (Å²) in [6, 6.07) is 6.60. The molecule has 0 amide bonds. The van der Waals surface area contributed by atoms with E-state index in [1.54, 1.807) is 12.1 Å². The number of nitrogens with one attached hydrogen (secondary N) is 1. The molecular weight excluding hydrogens is 232 g/mol. The second-order valence-electron chi connectivity index (χ2n) is 4.37. The maximum atomic E-state index is 10.5. The highest BCUT2D eigenvalue weighted by Crippen LogP contribution is 2.11. The minimum Gasteiger partial charge on any atom is -0.379 e. The van der Waals surface area contributed by atoms with Crippen molar-refractivity contribution in [3.05, 3.63) is 39.9 Å². The molecule has 0 aliphatic heterocycles. The van der Waals surface area contributed by atoms with E-state index in [-0.39, 0.29) is 16.7 Å².